The molecule has 2 heterocycles. The largest absolute Gasteiger partial charge is 0.293 e. The van der Waals surface area contributed by atoms with Gasteiger partial charge in [0, 0.05) is 12.5 Å². The predicted octanol–water partition coefficient (Wildman–Crippen LogP) is 5.52. The number of rotatable bonds is 3. The molecule has 0 amide bonds. The fourth-order valence-electron chi connectivity index (χ4n) is 4.18. The highest BCUT2D eigenvalue weighted by molar-refractivity contribution is 5.83. The van der Waals surface area contributed by atoms with Gasteiger partial charge in [-0.05, 0) is 60.6 Å². The summed E-state index contributed by atoms with van der Waals surface area (Å²) >= 11 is 0. The van der Waals surface area contributed by atoms with Gasteiger partial charge in [0.25, 0.3) is 5.56 Å². The second kappa shape index (κ2) is 7.26. The molecule has 0 aliphatic carbocycles. The summed E-state index contributed by atoms with van der Waals surface area (Å²) < 4.78 is 15.2. The Hall–Kier alpha value is -2.49. The Morgan fingerprint density at radius 3 is 2.59 bits per heavy atom. The molecule has 1 aliphatic rings. The SMILES string of the molecule is CC(C)CC1CCCCc2nc3cc(-c4ccc(F)cc4)ccc3c(=O)n21. The van der Waals surface area contributed by atoms with Crippen LogP contribution in [0.1, 0.15) is 51.4 Å². The molecule has 0 N–H and O–H groups in total. The molecule has 2 aromatic carbocycles. The van der Waals surface area contributed by atoms with Crippen LogP contribution in [0, 0.1) is 11.7 Å². The fraction of sp³-hybridized carbons (Fsp3) is 0.391. The van der Waals surface area contributed by atoms with E-state index in [-0.39, 0.29) is 17.4 Å². The third kappa shape index (κ3) is 3.53. The third-order valence-electron chi connectivity index (χ3n) is 5.45. The molecular weight excluding hydrogens is 339 g/mol. The Kier molecular flexibility index (Phi) is 4.81. The second-order valence-electron chi connectivity index (χ2n) is 7.97. The Morgan fingerprint density at radius 2 is 1.85 bits per heavy atom. The van der Waals surface area contributed by atoms with Gasteiger partial charge in [0.15, 0.2) is 0 Å². The second-order valence-corrected chi connectivity index (χ2v) is 7.97. The fourth-order valence-corrected chi connectivity index (χ4v) is 4.18. The molecule has 0 saturated heterocycles. The molecule has 1 unspecified atom stereocenters. The van der Waals surface area contributed by atoms with Crippen molar-refractivity contribution in [1.29, 1.82) is 0 Å². The molecule has 0 bridgehead atoms. The maximum absolute atomic E-state index is 13.3. The quantitative estimate of drug-likeness (QED) is 0.614. The zero-order valence-corrected chi connectivity index (χ0v) is 15.9. The van der Waals surface area contributed by atoms with Crippen molar-refractivity contribution in [3.05, 3.63) is 64.5 Å². The van der Waals surface area contributed by atoms with Crippen LogP contribution < -0.4 is 5.56 Å². The Labute approximate surface area is 158 Å². The Morgan fingerprint density at radius 1 is 1.11 bits per heavy atom. The lowest BCUT2D eigenvalue weighted by Gasteiger charge is -2.22. The first-order valence-corrected chi connectivity index (χ1v) is 9.84. The summed E-state index contributed by atoms with van der Waals surface area (Å²) in [5, 5.41) is 0.667. The van der Waals surface area contributed by atoms with E-state index in [0.717, 1.165) is 54.6 Å². The maximum atomic E-state index is 13.3. The van der Waals surface area contributed by atoms with Crippen molar-refractivity contribution < 1.29 is 4.39 Å². The van der Waals surface area contributed by atoms with Crippen molar-refractivity contribution in [2.24, 2.45) is 5.92 Å². The van der Waals surface area contributed by atoms with E-state index >= 15 is 0 Å². The molecule has 0 spiro atoms. The van der Waals surface area contributed by atoms with Gasteiger partial charge in [-0.1, -0.05) is 38.5 Å². The number of aromatic nitrogens is 2. The molecule has 4 heteroatoms. The first-order chi connectivity index (χ1) is 13.0. The van der Waals surface area contributed by atoms with E-state index in [1.54, 1.807) is 12.1 Å². The van der Waals surface area contributed by atoms with E-state index in [4.69, 9.17) is 4.98 Å². The minimum atomic E-state index is -0.252. The number of benzene rings is 2. The van der Waals surface area contributed by atoms with Gasteiger partial charge in [-0.2, -0.15) is 0 Å². The zero-order valence-electron chi connectivity index (χ0n) is 15.9. The monoisotopic (exact) mass is 364 g/mol. The van der Waals surface area contributed by atoms with E-state index in [9.17, 15) is 9.18 Å². The zero-order chi connectivity index (χ0) is 19.0. The van der Waals surface area contributed by atoms with Crippen LogP contribution in [0.15, 0.2) is 47.3 Å². The minimum absolute atomic E-state index is 0.0770. The highest BCUT2D eigenvalue weighted by atomic mass is 19.1. The van der Waals surface area contributed by atoms with Crippen LogP contribution in [-0.4, -0.2) is 9.55 Å². The predicted molar refractivity (Wildman–Crippen MR) is 107 cm³/mol. The molecular formula is C23H25FN2O. The van der Waals surface area contributed by atoms with Crippen molar-refractivity contribution in [1.82, 2.24) is 9.55 Å². The summed E-state index contributed by atoms with van der Waals surface area (Å²) in [6, 6.07) is 12.4. The van der Waals surface area contributed by atoms with E-state index in [2.05, 4.69) is 13.8 Å². The summed E-state index contributed by atoms with van der Waals surface area (Å²) in [4.78, 5) is 18.2. The standard InChI is InChI=1S/C23H25FN2O/c1-15(2)13-19-5-3-4-6-22-25-21-14-17(16-7-10-18(24)11-8-16)9-12-20(21)23(27)26(19)22/h7-12,14-15,19H,3-6,13H2,1-2H3. The number of halogens is 1. The molecule has 1 aromatic heterocycles. The number of hydrogen-bond donors (Lipinski definition) is 0. The molecule has 0 radical (unpaired) electrons. The average Bonchev–Trinajstić information content (AvgIpc) is 2.84. The van der Waals surface area contributed by atoms with Gasteiger partial charge < -0.3 is 0 Å². The van der Waals surface area contributed by atoms with Crippen LogP contribution in [0.4, 0.5) is 4.39 Å². The highest BCUT2D eigenvalue weighted by Crippen LogP contribution is 2.29. The van der Waals surface area contributed by atoms with Gasteiger partial charge in [-0.3, -0.25) is 9.36 Å². The van der Waals surface area contributed by atoms with Crippen LogP contribution in [0.3, 0.4) is 0 Å². The first-order valence-electron chi connectivity index (χ1n) is 9.84. The van der Waals surface area contributed by atoms with E-state index in [1.807, 2.05) is 22.8 Å². The molecule has 0 fully saturated rings. The molecule has 1 aliphatic heterocycles. The van der Waals surface area contributed by atoms with Crippen molar-refractivity contribution in [3.63, 3.8) is 0 Å². The van der Waals surface area contributed by atoms with E-state index < -0.39 is 0 Å². The van der Waals surface area contributed by atoms with Gasteiger partial charge in [0.1, 0.15) is 11.6 Å². The lowest BCUT2D eigenvalue weighted by Crippen LogP contribution is -2.29. The number of nitrogens with zero attached hydrogens (tertiary/aromatic N) is 2. The highest BCUT2D eigenvalue weighted by Gasteiger charge is 2.22. The molecule has 4 rings (SSSR count). The van der Waals surface area contributed by atoms with Crippen LogP contribution in [0.5, 0.6) is 0 Å². The van der Waals surface area contributed by atoms with Gasteiger partial charge >= 0.3 is 0 Å². The van der Waals surface area contributed by atoms with E-state index in [0.29, 0.717) is 11.3 Å². The summed E-state index contributed by atoms with van der Waals surface area (Å²) in [5.41, 5.74) is 2.69. The molecule has 0 saturated carbocycles. The van der Waals surface area contributed by atoms with Crippen LogP contribution in [-0.2, 0) is 6.42 Å². The first kappa shape index (κ1) is 17.9. The number of aryl methyl sites for hydroxylation is 1. The third-order valence-corrected chi connectivity index (χ3v) is 5.45. The summed E-state index contributed by atoms with van der Waals surface area (Å²) in [5.74, 6) is 1.20. The smallest absolute Gasteiger partial charge is 0.261 e. The van der Waals surface area contributed by atoms with Crippen LogP contribution in [0.25, 0.3) is 22.0 Å². The van der Waals surface area contributed by atoms with Gasteiger partial charge in [0.05, 0.1) is 10.9 Å². The van der Waals surface area contributed by atoms with Crippen LogP contribution in [0.2, 0.25) is 0 Å². The average molecular weight is 364 g/mol. The van der Waals surface area contributed by atoms with Crippen molar-refractivity contribution in [3.8, 4) is 11.1 Å². The summed E-state index contributed by atoms with van der Waals surface area (Å²) in [7, 11) is 0. The molecule has 27 heavy (non-hydrogen) atoms. The lowest BCUT2D eigenvalue weighted by atomic mass is 9.99. The normalized spacial score (nSPS) is 17.1. The Bertz CT molecular complexity index is 1020. The molecule has 1 atom stereocenters. The Balaban J connectivity index is 1.85. The van der Waals surface area contributed by atoms with Crippen molar-refractivity contribution in [2.45, 2.75) is 52.0 Å². The van der Waals surface area contributed by atoms with E-state index in [1.165, 1.54) is 12.1 Å². The number of hydrogen-bond acceptors (Lipinski definition) is 2. The van der Waals surface area contributed by atoms with Crippen LogP contribution >= 0.6 is 0 Å². The maximum Gasteiger partial charge on any atom is 0.261 e. The lowest BCUT2D eigenvalue weighted by molar-refractivity contribution is 0.368. The summed E-state index contributed by atoms with van der Waals surface area (Å²) in [6.45, 7) is 4.41. The minimum Gasteiger partial charge on any atom is -0.293 e. The topological polar surface area (TPSA) is 34.9 Å². The van der Waals surface area contributed by atoms with Crippen molar-refractivity contribution in [2.75, 3.05) is 0 Å². The van der Waals surface area contributed by atoms with Gasteiger partial charge in [-0.25, -0.2) is 9.37 Å². The number of fused-ring (bicyclic) bond motifs is 2. The van der Waals surface area contributed by atoms with Crippen molar-refractivity contribution >= 4 is 10.9 Å². The molecule has 3 nitrogen and oxygen atoms in total. The summed E-state index contributed by atoms with van der Waals surface area (Å²) in [6.07, 6.45) is 5.11. The van der Waals surface area contributed by atoms with Gasteiger partial charge in [-0.15, -0.1) is 0 Å². The molecule has 3 aromatic rings. The van der Waals surface area contributed by atoms with Gasteiger partial charge in [0.2, 0.25) is 0 Å². The molecule has 140 valence electrons.